The van der Waals surface area contributed by atoms with E-state index in [-0.39, 0.29) is 29.5 Å². The fourth-order valence-electron chi connectivity index (χ4n) is 2.67. The van der Waals surface area contributed by atoms with Crippen LogP contribution in [-0.2, 0) is 14.8 Å². The van der Waals surface area contributed by atoms with Gasteiger partial charge < -0.3 is 14.8 Å². The van der Waals surface area contributed by atoms with Crippen LogP contribution in [0.2, 0.25) is 0 Å². The molecule has 2 atom stereocenters. The normalized spacial score (nSPS) is 13.4. The number of sulfonamides is 1. The number of amides is 1. The summed E-state index contributed by atoms with van der Waals surface area (Å²) in [6.07, 6.45) is 0.697. The summed E-state index contributed by atoms with van der Waals surface area (Å²) >= 11 is 0. The van der Waals surface area contributed by atoms with Crippen molar-refractivity contribution < 1.29 is 22.7 Å². The molecule has 1 amide bonds. The standard InChI is InChI=1S/C21H28N2O5S/c1-5-15(2)23-29(25,26)18-12-10-17(11-13-18)28-14-21(24)22-16(3)19-8-6-7-9-20(19)27-4/h6-13,15-16,23H,5,14H2,1-4H3,(H,22,24)/t15-,16-/m0/s1. The maximum atomic E-state index is 12.3. The van der Waals surface area contributed by atoms with E-state index >= 15 is 0 Å². The third-order valence-corrected chi connectivity index (χ3v) is 6.06. The molecule has 0 radical (unpaired) electrons. The van der Waals surface area contributed by atoms with Crippen molar-refractivity contribution in [3.8, 4) is 11.5 Å². The first-order valence-electron chi connectivity index (χ1n) is 9.44. The molecule has 0 aliphatic rings. The van der Waals surface area contributed by atoms with E-state index in [0.717, 1.165) is 5.56 Å². The van der Waals surface area contributed by atoms with Gasteiger partial charge in [0.25, 0.3) is 5.91 Å². The molecule has 0 bridgehead atoms. The topological polar surface area (TPSA) is 93.7 Å². The van der Waals surface area contributed by atoms with E-state index in [9.17, 15) is 13.2 Å². The Bertz CT molecular complexity index is 913. The number of carbonyl (C=O) groups is 1. The molecule has 0 saturated carbocycles. The zero-order chi connectivity index (χ0) is 21.4. The number of rotatable bonds is 10. The van der Waals surface area contributed by atoms with Crippen LogP contribution < -0.4 is 19.5 Å². The Hall–Kier alpha value is -2.58. The first-order valence-corrected chi connectivity index (χ1v) is 10.9. The lowest BCUT2D eigenvalue weighted by Crippen LogP contribution is -2.32. The van der Waals surface area contributed by atoms with Gasteiger partial charge in [-0.25, -0.2) is 13.1 Å². The minimum absolute atomic E-state index is 0.148. The summed E-state index contributed by atoms with van der Waals surface area (Å²) in [6.45, 7) is 5.39. The van der Waals surface area contributed by atoms with Crippen molar-refractivity contribution in [2.75, 3.05) is 13.7 Å². The van der Waals surface area contributed by atoms with Crippen LogP contribution in [0, 0.1) is 0 Å². The van der Waals surface area contributed by atoms with Gasteiger partial charge in [0, 0.05) is 11.6 Å². The van der Waals surface area contributed by atoms with Crippen LogP contribution in [0.5, 0.6) is 11.5 Å². The number of hydrogen-bond acceptors (Lipinski definition) is 5. The molecule has 0 saturated heterocycles. The van der Waals surface area contributed by atoms with E-state index in [1.54, 1.807) is 14.0 Å². The van der Waals surface area contributed by atoms with Crippen molar-refractivity contribution in [3.63, 3.8) is 0 Å². The lowest BCUT2D eigenvalue weighted by Gasteiger charge is -2.17. The minimum atomic E-state index is -3.57. The van der Waals surface area contributed by atoms with Crippen molar-refractivity contribution in [3.05, 3.63) is 54.1 Å². The van der Waals surface area contributed by atoms with Gasteiger partial charge in [-0.15, -0.1) is 0 Å². The molecule has 29 heavy (non-hydrogen) atoms. The van der Waals surface area contributed by atoms with E-state index in [1.165, 1.54) is 24.3 Å². The van der Waals surface area contributed by atoms with Crippen LogP contribution in [0.25, 0.3) is 0 Å². The number of para-hydroxylation sites is 1. The average molecular weight is 421 g/mol. The summed E-state index contributed by atoms with van der Waals surface area (Å²) in [4.78, 5) is 12.3. The highest BCUT2D eigenvalue weighted by atomic mass is 32.2. The van der Waals surface area contributed by atoms with Crippen LogP contribution in [0.4, 0.5) is 0 Å². The number of benzene rings is 2. The summed E-state index contributed by atoms with van der Waals surface area (Å²) < 4.78 is 37.9. The zero-order valence-corrected chi connectivity index (χ0v) is 18.0. The molecule has 2 aromatic rings. The minimum Gasteiger partial charge on any atom is -0.496 e. The second kappa shape index (κ2) is 10.3. The van der Waals surface area contributed by atoms with Crippen LogP contribution in [0.3, 0.4) is 0 Å². The summed E-state index contributed by atoms with van der Waals surface area (Å²) in [5.74, 6) is 0.815. The molecule has 7 nitrogen and oxygen atoms in total. The quantitative estimate of drug-likeness (QED) is 0.616. The van der Waals surface area contributed by atoms with Crippen molar-refractivity contribution in [2.24, 2.45) is 0 Å². The number of ether oxygens (including phenoxy) is 2. The maximum absolute atomic E-state index is 12.3. The highest BCUT2D eigenvalue weighted by molar-refractivity contribution is 7.89. The van der Waals surface area contributed by atoms with E-state index in [0.29, 0.717) is 17.9 Å². The van der Waals surface area contributed by atoms with E-state index in [1.807, 2.05) is 38.1 Å². The number of methoxy groups -OCH3 is 1. The van der Waals surface area contributed by atoms with Crippen molar-refractivity contribution in [1.29, 1.82) is 0 Å². The molecule has 2 aromatic carbocycles. The molecule has 0 fully saturated rings. The lowest BCUT2D eigenvalue weighted by atomic mass is 10.1. The monoisotopic (exact) mass is 420 g/mol. The van der Waals surface area contributed by atoms with Gasteiger partial charge >= 0.3 is 0 Å². The van der Waals surface area contributed by atoms with Crippen molar-refractivity contribution in [2.45, 2.75) is 44.2 Å². The Morgan fingerprint density at radius 1 is 1.07 bits per heavy atom. The predicted octanol–water partition coefficient (Wildman–Crippen LogP) is 3.03. The third-order valence-electron chi connectivity index (χ3n) is 4.46. The Labute approximate surface area is 172 Å². The molecule has 0 aromatic heterocycles. The summed E-state index contributed by atoms with van der Waals surface area (Å²) in [7, 11) is -1.99. The molecule has 8 heteroatoms. The Morgan fingerprint density at radius 2 is 1.72 bits per heavy atom. The summed E-state index contributed by atoms with van der Waals surface area (Å²) in [5.41, 5.74) is 0.867. The van der Waals surface area contributed by atoms with Crippen LogP contribution in [-0.4, -0.2) is 34.1 Å². The predicted molar refractivity (Wildman–Crippen MR) is 112 cm³/mol. The highest BCUT2D eigenvalue weighted by Crippen LogP contribution is 2.24. The highest BCUT2D eigenvalue weighted by Gasteiger charge is 2.17. The first kappa shape index (κ1) is 22.7. The summed E-state index contributed by atoms with van der Waals surface area (Å²) in [5, 5.41) is 2.85. The van der Waals surface area contributed by atoms with Gasteiger partial charge in [0.1, 0.15) is 11.5 Å². The summed E-state index contributed by atoms with van der Waals surface area (Å²) in [6, 6.07) is 13.0. The Balaban J connectivity index is 1.92. The van der Waals surface area contributed by atoms with Gasteiger partial charge in [0.15, 0.2) is 6.61 Å². The molecule has 158 valence electrons. The molecule has 0 unspecified atom stereocenters. The van der Waals surface area contributed by atoms with Crippen molar-refractivity contribution >= 4 is 15.9 Å². The van der Waals surface area contributed by atoms with Gasteiger partial charge in [-0.1, -0.05) is 25.1 Å². The number of hydrogen-bond donors (Lipinski definition) is 2. The largest absolute Gasteiger partial charge is 0.496 e. The van der Waals surface area contributed by atoms with Crippen LogP contribution in [0.15, 0.2) is 53.4 Å². The fraction of sp³-hybridized carbons (Fsp3) is 0.381. The van der Waals surface area contributed by atoms with E-state index < -0.39 is 10.0 Å². The molecule has 2 N–H and O–H groups in total. The smallest absolute Gasteiger partial charge is 0.258 e. The molecular formula is C21H28N2O5S. The zero-order valence-electron chi connectivity index (χ0n) is 17.1. The van der Waals surface area contributed by atoms with E-state index in [4.69, 9.17) is 9.47 Å². The second-order valence-corrected chi connectivity index (χ2v) is 8.44. The SMILES string of the molecule is CC[C@H](C)NS(=O)(=O)c1ccc(OCC(=O)N[C@@H](C)c2ccccc2OC)cc1. The van der Waals surface area contributed by atoms with E-state index in [2.05, 4.69) is 10.0 Å². The number of nitrogens with one attached hydrogen (secondary N) is 2. The van der Waals surface area contributed by atoms with Gasteiger partial charge in [0.05, 0.1) is 18.0 Å². The Morgan fingerprint density at radius 3 is 2.34 bits per heavy atom. The molecular weight excluding hydrogens is 392 g/mol. The first-order chi connectivity index (χ1) is 13.8. The van der Waals surface area contributed by atoms with Crippen LogP contribution >= 0.6 is 0 Å². The lowest BCUT2D eigenvalue weighted by molar-refractivity contribution is -0.123. The second-order valence-electron chi connectivity index (χ2n) is 6.72. The van der Waals surface area contributed by atoms with Gasteiger partial charge in [0.2, 0.25) is 10.0 Å². The average Bonchev–Trinajstić information content (AvgIpc) is 2.72. The third kappa shape index (κ3) is 6.47. The number of carbonyl (C=O) groups excluding carboxylic acids is 1. The molecule has 0 aliphatic carbocycles. The molecule has 2 rings (SSSR count). The van der Waals surface area contributed by atoms with Crippen LogP contribution in [0.1, 0.15) is 38.8 Å². The fourth-order valence-corrected chi connectivity index (χ4v) is 3.99. The van der Waals surface area contributed by atoms with Gasteiger partial charge in [-0.3, -0.25) is 4.79 Å². The van der Waals surface area contributed by atoms with Gasteiger partial charge in [-0.2, -0.15) is 0 Å². The van der Waals surface area contributed by atoms with Crippen molar-refractivity contribution in [1.82, 2.24) is 10.0 Å². The van der Waals surface area contributed by atoms with Gasteiger partial charge in [-0.05, 0) is 50.6 Å². The molecule has 0 heterocycles. The maximum Gasteiger partial charge on any atom is 0.258 e. The molecule has 0 aliphatic heterocycles. The molecule has 0 spiro atoms. The Kier molecular flexibility index (Phi) is 8.04.